The molecule has 0 unspecified atom stereocenters. The van der Waals surface area contributed by atoms with E-state index in [0.29, 0.717) is 23.7 Å². The van der Waals surface area contributed by atoms with Crippen LogP contribution in [0.15, 0.2) is 48.5 Å². The largest absolute Gasteiger partial charge is 0.352 e. The Morgan fingerprint density at radius 1 is 1.13 bits per heavy atom. The Kier molecular flexibility index (Phi) is 9.73. The van der Waals surface area contributed by atoms with Gasteiger partial charge in [-0.2, -0.15) is 0 Å². The highest BCUT2D eigenvalue weighted by Crippen LogP contribution is 2.21. The number of hydrogen-bond donors (Lipinski definition) is 1. The third kappa shape index (κ3) is 7.37. The van der Waals surface area contributed by atoms with Crippen LogP contribution < -0.4 is 5.32 Å². The summed E-state index contributed by atoms with van der Waals surface area (Å²) in [7, 11) is 0. The second kappa shape index (κ2) is 12.0. The fraction of sp³-hybridized carbons (Fsp3) is 0.417. The van der Waals surface area contributed by atoms with Crippen molar-refractivity contribution in [1.29, 1.82) is 0 Å². The van der Waals surface area contributed by atoms with Crippen molar-refractivity contribution < 1.29 is 9.59 Å². The summed E-state index contributed by atoms with van der Waals surface area (Å²) in [6, 6.07) is 15.2. The number of nitrogens with zero attached hydrogens (tertiary/aromatic N) is 1. The number of benzene rings is 2. The highest BCUT2D eigenvalue weighted by atomic mass is 35.5. The Bertz CT molecular complexity index is 857. The molecule has 0 heterocycles. The van der Waals surface area contributed by atoms with Gasteiger partial charge < -0.3 is 10.2 Å². The highest BCUT2D eigenvalue weighted by Gasteiger charge is 2.29. The van der Waals surface area contributed by atoms with Gasteiger partial charge in [-0.15, -0.1) is 11.8 Å². The van der Waals surface area contributed by atoms with Gasteiger partial charge in [-0.25, -0.2) is 0 Å². The van der Waals surface area contributed by atoms with Crippen molar-refractivity contribution in [2.75, 3.05) is 5.75 Å². The van der Waals surface area contributed by atoms with Crippen LogP contribution in [0, 0.1) is 6.92 Å². The fourth-order valence-electron chi connectivity index (χ4n) is 3.25. The van der Waals surface area contributed by atoms with Gasteiger partial charge in [0.2, 0.25) is 11.8 Å². The molecule has 0 aliphatic heterocycles. The molecular formula is C24H31ClN2O2S. The van der Waals surface area contributed by atoms with E-state index in [2.05, 4.69) is 30.4 Å². The third-order valence-electron chi connectivity index (χ3n) is 4.69. The van der Waals surface area contributed by atoms with Crippen molar-refractivity contribution in [2.24, 2.45) is 0 Å². The van der Waals surface area contributed by atoms with Crippen LogP contribution >= 0.6 is 23.4 Å². The van der Waals surface area contributed by atoms with Crippen LogP contribution in [0.1, 0.15) is 43.9 Å². The molecule has 2 rings (SSSR count). The molecule has 0 bridgehead atoms. The third-order valence-corrected chi connectivity index (χ3v) is 6.05. The Balaban J connectivity index is 2.15. The lowest BCUT2D eigenvalue weighted by atomic mass is 10.1. The predicted octanol–water partition coefficient (Wildman–Crippen LogP) is 5.21. The smallest absolute Gasteiger partial charge is 0.243 e. The van der Waals surface area contributed by atoms with Crippen molar-refractivity contribution in [3.05, 3.63) is 70.2 Å². The fourth-order valence-corrected chi connectivity index (χ4v) is 4.30. The van der Waals surface area contributed by atoms with Crippen molar-refractivity contribution in [1.82, 2.24) is 10.2 Å². The second-order valence-corrected chi connectivity index (χ2v) is 9.08. The second-order valence-electron chi connectivity index (χ2n) is 7.68. The van der Waals surface area contributed by atoms with Crippen molar-refractivity contribution in [2.45, 2.75) is 58.5 Å². The molecule has 0 saturated carbocycles. The summed E-state index contributed by atoms with van der Waals surface area (Å²) >= 11 is 7.90. The number of carbonyl (C=O) groups excluding carboxylic acids is 2. The van der Waals surface area contributed by atoms with E-state index in [-0.39, 0.29) is 17.9 Å². The van der Waals surface area contributed by atoms with E-state index in [1.165, 1.54) is 11.1 Å². The molecule has 30 heavy (non-hydrogen) atoms. The van der Waals surface area contributed by atoms with E-state index in [0.717, 1.165) is 11.3 Å². The first-order chi connectivity index (χ1) is 14.3. The molecule has 2 amide bonds. The number of thioether (sulfide) groups is 1. The first-order valence-corrected chi connectivity index (χ1v) is 11.8. The molecule has 0 aromatic heterocycles. The van der Waals surface area contributed by atoms with Gasteiger partial charge in [-0.3, -0.25) is 9.59 Å². The lowest BCUT2D eigenvalue weighted by Crippen LogP contribution is -2.51. The molecule has 1 atom stereocenters. The maximum absolute atomic E-state index is 13.2. The summed E-state index contributed by atoms with van der Waals surface area (Å²) in [5, 5.41) is 3.54. The quantitative estimate of drug-likeness (QED) is 0.544. The van der Waals surface area contributed by atoms with Crippen LogP contribution in [-0.4, -0.2) is 34.6 Å². The normalized spacial score (nSPS) is 11.9. The molecule has 0 spiro atoms. The minimum atomic E-state index is -0.532. The average molecular weight is 447 g/mol. The molecule has 1 N–H and O–H groups in total. The zero-order valence-electron chi connectivity index (χ0n) is 18.2. The van der Waals surface area contributed by atoms with Gasteiger partial charge in [0.25, 0.3) is 0 Å². The summed E-state index contributed by atoms with van der Waals surface area (Å²) in [5.41, 5.74) is 3.23. The first kappa shape index (κ1) is 24.3. The Labute approximate surface area is 189 Å². The minimum absolute atomic E-state index is 0.0134. The summed E-state index contributed by atoms with van der Waals surface area (Å²) in [6.07, 6.45) is 0.539. The van der Waals surface area contributed by atoms with Crippen molar-refractivity contribution in [3.8, 4) is 0 Å². The van der Waals surface area contributed by atoms with Gasteiger partial charge in [-0.05, 0) is 44.4 Å². The van der Waals surface area contributed by atoms with Gasteiger partial charge >= 0.3 is 0 Å². The van der Waals surface area contributed by atoms with Crippen LogP contribution in [-0.2, 0) is 21.9 Å². The van der Waals surface area contributed by atoms with Gasteiger partial charge in [0.1, 0.15) is 6.04 Å². The van der Waals surface area contributed by atoms with Crippen LogP contribution in [0.5, 0.6) is 0 Å². The van der Waals surface area contributed by atoms with E-state index in [9.17, 15) is 9.59 Å². The average Bonchev–Trinajstić information content (AvgIpc) is 2.68. The van der Waals surface area contributed by atoms with Crippen molar-refractivity contribution in [3.63, 3.8) is 0 Å². The Morgan fingerprint density at radius 3 is 2.50 bits per heavy atom. The van der Waals surface area contributed by atoms with E-state index in [4.69, 9.17) is 11.6 Å². The topological polar surface area (TPSA) is 49.4 Å². The zero-order chi connectivity index (χ0) is 22.1. The molecule has 0 aliphatic rings. The lowest BCUT2D eigenvalue weighted by Gasteiger charge is -2.31. The number of aryl methyl sites for hydroxylation is 1. The summed E-state index contributed by atoms with van der Waals surface area (Å²) in [4.78, 5) is 27.7. The van der Waals surface area contributed by atoms with Crippen molar-refractivity contribution >= 4 is 35.2 Å². The molecule has 2 aromatic rings. The number of halogens is 1. The minimum Gasteiger partial charge on any atom is -0.352 e. The molecule has 162 valence electrons. The summed E-state index contributed by atoms with van der Waals surface area (Å²) in [6.45, 7) is 8.14. The zero-order valence-corrected chi connectivity index (χ0v) is 19.7. The number of amides is 2. The van der Waals surface area contributed by atoms with Gasteiger partial charge in [-0.1, -0.05) is 66.6 Å². The van der Waals surface area contributed by atoms with E-state index >= 15 is 0 Å². The van der Waals surface area contributed by atoms with Crippen LogP contribution in [0.3, 0.4) is 0 Å². The number of rotatable bonds is 10. The number of hydrogen-bond acceptors (Lipinski definition) is 3. The van der Waals surface area contributed by atoms with Gasteiger partial charge in [0, 0.05) is 23.4 Å². The monoisotopic (exact) mass is 446 g/mol. The predicted molar refractivity (Wildman–Crippen MR) is 127 cm³/mol. The molecule has 0 fully saturated rings. The van der Waals surface area contributed by atoms with Gasteiger partial charge in [0.05, 0.1) is 5.75 Å². The molecule has 4 nitrogen and oxygen atoms in total. The first-order valence-electron chi connectivity index (χ1n) is 10.3. The maximum atomic E-state index is 13.2. The summed E-state index contributed by atoms with van der Waals surface area (Å²) < 4.78 is 0. The molecular weight excluding hydrogens is 416 g/mol. The standard InChI is InChI=1S/C24H31ClN2O2S/c1-5-22(24(29)26-17(2)3)27(14-20-11-6-7-12-21(20)25)23(28)16-30-15-19-10-8-9-18(4)13-19/h6-13,17,22H,5,14-16H2,1-4H3,(H,26,29)/t22-/m0/s1. The van der Waals surface area contributed by atoms with Crippen LogP contribution in [0.4, 0.5) is 0 Å². The maximum Gasteiger partial charge on any atom is 0.243 e. The molecule has 0 aliphatic carbocycles. The Morgan fingerprint density at radius 2 is 1.87 bits per heavy atom. The van der Waals surface area contributed by atoms with E-state index in [1.54, 1.807) is 22.7 Å². The SMILES string of the molecule is CC[C@@H](C(=O)NC(C)C)N(Cc1ccccc1Cl)C(=O)CSCc1cccc(C)c1. The van der Waals surface area contributed by atoms with E-state index in [1.807, 2.05) is 45.0 Å². The van der Waals surface area contributed by atoms with Gasteiger partial charge in [0.15, 0.2) is 0 Å². The number of nitrogens with one attached hydrogen (secondary N) is 1. The highest BCUT2D eigenvalue weighted by molar-refractivity contribution is 7.99. The van der Waals surface area contributed by atoms with Crippen LogP contribution in [0.25, 0.3) is 0 Å². The molecule has 0 saturated heterocycles. The molecule has 0 radical (unpaired) electrons. The number of carbonyl (C=O) groups is 2. The lowest BCUT2D eigenvalue weighted by molar-refractivity contribution is -0.139. The Hall–Kier alpha value is -1.98. The van der Waals surface area contributed by atoms with Crippen LogP contribution in [0.2, 0.25) is 5.02 Å². The summed E-state index contributed by atoms with van der Waals surface area (Å²) in [5.74, 6) is 0.876. The van der Waals surface area contributed by atoms with E-state index < -0.39 is 6.04 Å². The molecule has 2 aromatic carbocycles. The molecule has 6 heteroatoms.